The zero-order valence-electron chi connectivity index (χ0n) is 24.6. The number of urea groups is 1. The summed E-state index contributed by atoms with van der Waals surface area (Å²) in [5.74, 6) is -2.18. The first-order valence-electron chi connectivity index (χ1n) is 14.9. The minimum Gasteiger partial charge on any atom is -0.480 e. The zero-order chi connectivity index (χ0) is 30.7. The zero-order valence-corrected chi connectivity index (χ0v) is 24.6. The molecule has 3 aromatic carbocycles. The van der Waals surface area contributed by atoms with Gasteiger partial charge in [-0.05, 0) is 92.3 Å². The molecule has 8 heteroatoms. The molecule has 224 valence electrons. The van der Waals surface area contributed by atoms with Gasteiger partial charge < -0.3 is 15.4 Å². The normalized spacial score (nSPS) is 15.9. The number of primary amides is 1. The maximum atomic E-state index is 14.5. The lowest BCUT2D eigenvalue weighted by molar-refractivity contribution is -0.141. The predicted molar refractivity (Wildman–Crippen MR) is 164 cm³/mol. The maximum Gasteiger partial charge on any atom is 0.326 e. The molecule has 0 bridgehead atoms. The number of imide groups is 1. The van der Waals surface area contributed by atoms with E-state index in [1.165, 1.54) is 17.0 Å². The summed E-state index contributed by atoms with van der Waals surface area (Å²) in [7, 11) is 0. The topological polar surface area (TPSA) is 106 Å². The molecule has 1 aromatic heterocycles. The van der Waals surface area contributed by atoms with Crippen LogP contribution in [0.25, 0.3) is 10.9 Å². The summed E-state index contributed by atoms with van der Waals surface area (Å²) in [6, 6.07) is 20.0. The average molecular weight is 584 g/mol. The molecule has 5 rings (SSSR count). The van der Waals surface area contributed by atoms with E-state index in [4.69, 9.17) is 5.73 Å². The first kappa shape index (κ1) is 30.0. The van der Waals surface area contributed by atoms with Gasteiger partial charge in [-0.15, -0.1) is 0 Å². The van der Waals surface area contributed by atoms with Gasteiger partial charge in [0.05, 0.1) is 0 Å². The molecule has 43 heavy (non-hydrogen) atoms. The van der Waals surface area contributed by atoms with Crippen molar-refractivity contribution in [1.82, 2.24) is 9.47 Å². The van der Waals surface area contributed by atoms with Gasteiger partial charge in [0.15, 0.2) is 0 Å². The Morgan fingerprint density at radius 2 is 1.79 bits per heavy atom. The number of aliphatic carboxylic acids is 1. The Morgan fingerprint density at radius 3 is 2.47 bits per heavy atom. The van der Waals surface area contributed by atoms with Crippen LogP contribution in [0.15, 0.2) is 72.8 Å². The number of aryl methyl sites for hydroxylation is 2. The number of nitrogens with zero attached hydrogens (tertiary/aromatic N) is 2. The van der Waals surface area contributed by atoms with E-state index in [0.29, 0.717) is 49.4 Å². The molecule has 2 unspecified atom stereocenters. The number of carbonyl (C=O) groups is 3. The van der Waals surface area contributed by atoms with E-state index in [1.807, 2.05) is 62.4 Å². The first-order valence-corrected chi connectivity index (χ1v) is 14.9. The number of amides is 3. The minimum absolute atomic E-state index is 0.281. The molecular formula is C35H38FN3O4. The number of fused-ring (bicyclic) bond motifs is 3. The fourth-order valence-corrected chi connectivity index (χ4v) is 6.69. The number of carboxylic acids is 1. The highest BCUT2D eigenvalue weighted by atomic mass is 19.1. The van der Waals surface area contributed by atoms with Crippen molar-refractivity contribution in [3.05, 3.63) is 107 Å². The van der Waals surface area contributed by atoms with Crippen LogP contribution in [0.4, 0.5) is 9.18 Å². The van der Waals surface area contributed by atoms with Crippen molar-refractivity contribution >= 4 is 28.8 Å². The second kappa shape index (κ2) is 12.8. The number of carbonyl (C=O) groups excluding carboxylic acids is 2. The van der Waals surface area contributed by atoms with Crippen molar-refractivity contribution in [2.45, 2.75) is 70.9 Å². The van der Waals surface area contributed by atoms with E-state index < -0.39 is 35.8 Å². The summed E-state index contributed by atoms with van der Waals surface area (Å²) in [5, 5.41) is 10.6. The number of rotatable bonds is 10. The SMILES string of the molecule is CCC(C(=O)O)n1c2c(c3cc(F)ccc31)C[C@@H](N(C(N)=O)C(=O)C(CCc1ccccc1C)Cc1ccccc1)CC2. The molecule has 1 aliphatic rings. The maximum absolute atomic E-state index is 14.5. The van der Waals surface area contributed by atoms with Crippen molar-refractivity contribution in [3.8, 4) is 0 Å². The van der Waals surface area contributed by atoms with Gasteiger partial charge in [-0.2, -0.15) is 0 Å². The van der Waals surface area contributed by atoms with Gasteiger partial charge in [-0.3, -0.25) is 9.69 Å². The second-order valence-electron chi connectivity index (χ2n) is 11.5. The molecule has 0 saturated heterocycles. The molecule has 0 fully saturated rings. The van der Waals surface area contributed by atoms with Crippen LogP contribution >= 0.6 is 0 Å². The number of halogens is 1. The lowest BCUT2D eigenvalue weighted by atomic mass is 9.87. The molecule has 3 atom stereocenters. The molecule has 0 spiro atoms. The van der Waals surface area contributed by atoms with Crippen LogP contribution in [0.1, 0.15) is 60.2 Å². The third-order valence-electron chi connectivity index (χ3n) is 8.86. The number of benzene rings is 3. The van der Waals surface area contributed by atoms with Crippen molar-refractivity contribution in [1.29, 1.82) is 0 Å². The number of aromatic nitrogens is 1. The Balaban J connectivity index is 1.49. The van der Waals surface area contributed by atoms with Crippen LogP contribution in [0, 0.1) is 18.7 Å². The van der Waals surface area contributed by atoms with Crippen LogP contribution in [0.2, 0.25) is 0 Å². The molecule has 0 saturated carbocycles. The minimum atomic E-state index is -0.958. The molecule has 1 aliphatic carbocycles. The monoisotopic (exact) mass is 583 g/mol. The molecule has 1 heterocycles. The van der Waals surface area contributed by atoms with Gasteiger partial charge in [-0.1, -0.05) is 61.5 Å². The summed E-state index contributed by atoms with van der Waals surface area (Å²) in [6.45, 7) is 3.86. The third kappa shape index (κ3) is 6.19. The van der Waals surface area contributed by atoms with E-state index in [-0.39, 0.29) is 12.3 Å². The Kier molecular flexibility index (Phi) is 8.94. The summed E-state index contributed by atoms with van der Waals surface area (Å²) in [6.07, 6.45) is 3.20. The van der Waals surface area contributed by atoms with Crippen molar-refractivity contribution in [3.63, 3.8) is 0 Å². The smallest absolute Gasteiger partial charge is 0.326 e. The third-order valence-corrected chi connectivity index (χ3v) is 8.86. The average Bonchev–Trinajstić information content (AvgIpc) is 3.29. The van der Waals surface area contributed by atoms with Crippen LogP contribution in [0.3, 0.4) is 0 Å². The molecule has 0 aliphatic heterocycles. The molecule has 3 amide bonds. The molecule has 0 radical (unpaired) electrons. The molecule has 4 aromatic rings. The number of hydrogen-bond acceptors (Lipinski definition) is 3. The van der Waals surface area contributed by atoms with Gasteiger partial charge in [0.25, 0.3) is 0 Å². The van der Waals surface area contributed by atoms with Crippen LogP contribution in [-0.2, 0) is 35.3 Å². The van der Waals surface area contributed by atoms with Gasteiger partial charge in [0, 0.05) is 28.6 Å². The summed E-state index contributed by atoms with van der Waals surface area (Å²) in [5.41, 5.74) is 11.4. The highest BCUT2D eigenvalue weighted by molar-refractivity contribution is 5.96. The van der Waals surface area contributed by atoms with Gasteiger partial charge in [0.1, 0.15) is 11.9 Å². The largest absolute Gasteiger partial charge is 0.480 e. The summed E-state index contributed by atoms with van der Waals surface area (Å²) < 4.78 is 16.3. The predicted octanol–water partition coefficient (Wildman–Crippen LogP) is 6.38. The Labute approximate surface area is 251 Å². The number of carboxylic acid groups (broad SMARTS) is 1. The Hall–Kier alpha value is -4.46. The van der Waals surface area contributed by atoms with E-state index in [2.05, 4.69) is 6.07 Å². The highest BCUT2D eigenvalue weighted by Gasteiger charge is 2.38. The van der Waals surface area contributed by atoms with Crippen LogP contribution in [0.5, 0.6) is 0 Å². The standard InChI is InChI=1S/C35H38FN3O4/c1-3-30(34(41)42)39-31-17-15-26(36)20-28(31)29-21-27(16-18-32(29)39)38(35(37)43)33(40)25(19-23-10-5-4-6-11-23)14-13-24-12-8-7-9-22(24)2/h4-12,15,17,20,25,27,30H,3,13-14,16,18-19,21H2,1-2H3,(H2,37,43)(H,41,42)/t25?,27-,30?/m0/s1. The molecule has 7 nitrogen and oxygen atoms in total. The lowest BCUT2D eigenvalue weighted by Gasteiger charge is -2.35. The fraction of sp³-hybridized carbons (Fsp3) is 0.343. The number of nitrogens with two attached hydrogens (primary N) is 1. The van der Waals surface area contributed by atoms with Crippen molar-refractivity contribution in [2.24, 2.45) is 11.7 Å². The van der Waals surface area contributed by atoms with E-state index in [0.717, 1.165) is 27.9 Å². The fourth-order valence-electron chi connectivity index (χ4n) is 6.69. The van der Waals surface area contributed by atoms with E-state index in [1.54, 1.807) is 10.6 Å². The molecule has 3 N–H and O–H groups in total. The highest BCUT2D eigenvalue weighted by Crippen LogP contribution is 2.37. The van der Waals surface area contributed by atoms with Crippen LogP contribution in [-0.4, -0.2) is 38.5 Å². The second-order valence-corrected chi connectivity index (χ2v) is 11.5. The lowest BCUT2D eigenvalue weighted by Crippen LogP contribution is -2.52. The number of hydrogen-bond donors (Lipinski definition) is 2. The van der Waals surface area contributed by atoms with Crippen LogP contribution < -0.4 is 5.73 Å². The van der Waals surface area contributed by atoms with Gasteiger partial charge >= 0.3 is 12.0 Å². The molecular weight excluding hydrogens is 545 g/mol. The quantitative estimate of drug-likeness (QED) is 0.226. The van der Waals surface area contributed by atoms with E-state index >= 15 is 0 Å². The van der Waals surface area contributed by atoms with Gasteiger partial charge in [-0.25, -0.2) is 14.0 Å². The summed E-state index contributed by atoms with van der Waals surface area (Å²) >= 11 is 0. The van der Waals surface area contributed by atoms with Crippen molar-refractivity contribution in [2.75, 3.05) is 0 Å². The summed E-state index contributed by atoms with van der Waals surface area (Å²) in [4.78, 5) is 40.6. The Bertz CT molecular complexity index is 1650. The van der Waals surface area contributed by atoms with E-state index in [9.17, 15) is 23.9 Å². The Morgan fingerprint density at radius 1 is 1.07 bits per heavy atom. The van der Waals surface area contributed by atoms with Crippen molar-refractivity contribution < 1.29 is 23.9 Å². The van der Waals surface area contributed by atoms with Gasteiger partial charge in [0.2, 0.25) is 5.91 Å². The first-order chi connectivity index (χ1) is 20.7.